The van der Waals surface area contributed by atoms with Crippen molar-refractivity contribution >= 4 is 27.1 Å². The van der Waals surface area contributed by atoms with Crippen molar-refractivity contribution in [3.63, 3.8) is 0 Å². The summed E-state index contributed by atoms with van der Waals surface area (Å²) in [6.07, 6.45) is 3.17. The molecule has 0 bridgehead atoms. The maximum atomic E-state index is 13.4. The molecule has 30 heavy (non-hydrogen) atoms. The number of piperidine rings is 2. The Morgan fingerprint density at radius 3 is 2.73 bits per heavy atom. The molecular formula is C20H26FN3O5S. The maximum absolute atomic E-state index is 13.4. The fraction of sp³-hybridized carbons (Fsp3) is 0.600. The van der Waals surface area contributed by atoms with E-state index in [1.165, 1.54) is 20.7 Å². The summed E-state index contributed by atoms with van der Waals surface area (Å²) >= 11 is 0. The number of carbonyl (C=O) groups excluding carboxylic acids is 1. The van der Waals surface area contributed by atoms with Crippen LogP contribution in [0.15, 0.2) is 22.7 Å². The quantitative estimate of drug-likeness (QED) is 0.665. The minimum Gasteiger partial charge on any atom is -0.465 e. The first-order valence-corrected chi connectivity index (χ1v) is 11.8. The predicted molar refractivity (Wildman–Crippen MR) is 107 cm³/mol. The maximum Gasteiger partial charge on any atom is 0.324 e. The number of aromatic nitrogens is 1. The van der Waals surface area contributed by atoms with E-state index in [4.69, 9.17) is 9.26 Å². The van der Waals surface area contributed by atoms with E-state index in [2.05, 4.69) is 5.16 Å². The van der Waals surface area contributed by atoms with Crippen LogP contribution in [0.5, 0.6) is 0 Å². The number of halogens is 1. The molecule has 0 amide bonds. The number of carbonyl (C=O) groups is 1. The molecular weight excluding hydrogens is 413 g/mol. The van der Waals surface area contributed by atoms with E-state index in [-0.39, 0.29) is 18.3 Å². The molecule has 2 aromatic rings. The summed E-state index contributed by atoms with van der Waals surface area (Å²) in [7, 11) is -3.77. The van der Waals surface area contributed by atoms with E-state index < -0.39 is 22.2 Å². The number of ether oxygens (including phenoxy) is 1. The summed E-state index contributed by atoms with van der Waals surface area (Å²) in [5, 5.41) is 4.87. The molecule has 1 aromatic carbocycles. The summed E-state index contributed by atoms with van der Waals surface area (Å²) in [5.41, 5.74) is 1.13. The molecule has 1 aromatic heterocycles. The predicted octanol–water partition coefficient (Wildman–Crippen LogP) is 2.81. The van der Waals surface area contributed by atoms with Crippen LogP contribution in [0.3, 0.4) is 0 Å². The molecule has 0 radical (unpaired) electrons. The number of esters is 1. The third kappa shape index (κ3) is 3.95. The van der Waals surface area contributed by atoms with Gasteiger partial charge >= 0.3 is 5.97 Å². The van der Waals surface area contributed by atoms with Gasteiger partial charge in [-0.1, -0.05) is 5.16 Å². The summed E-state index contributed by atoms with van der Waals surface area (Å²) < 4.78 is 53.0. The van der Waals surface area contributed by atoms with Crippen molar-refractivity contribution in [2.75, 3.05) is 26.2 Å². The summed E-state index contributed by atoms with van der Waals surface area (Å²) in [6.45, 7) is 2.92. The van der Waals surface area contributed by atoms with Crippen LogP contribution in [0.2, 0.25) is 0 Å². The fourth-order valence-electron chi connectivity index (χ4n) is 4.39. The Kier molecular flexibility index (Phi) is 6.08. The Hall–Kier alpha value is -2.04. The van der Waals surface area contributed by atoms with Gasteiger partial charge < -0.3 is 9.26 Å². The summed E-state index contributed by atoms with van der Waals surface area (Å²) in [4.78, 5) is 12.3. The SMILES string of the molecule is CCOC(=O)C1CCCCN1S(=O)(=O)N1CCC(c2noc3cc(F)ccc23)CC1. The van der Waals surface area contributed by atoms with Gasteiger partial charge in [-0.2, -0.15) is 17.0 Å². The normalized spacial score (nSPS) is 22.4. The smallest absolute Gasteiger partial charge is 0.324 e. The van der Waals surface area contributed by atoms with Gasteiger partial charge in [0, 0.05) is 37.0 Å². The van der Waals surface area contributed by atoms with Gasteiger partial charge in [0.2, 0.25) is 0 Å². The Labute approximate surface area is 175 Å². The van der Waals surface area contributed by atoms with Gasteiger partial charge in [0.15, 0.2) is 5.58 Å². The van der Waals surface area contributed by atoms with Crippen LogP contribution in [0.25, 0.3) is 11.0 Å². The number of rotatable bonds is 5. The molecule has 2 saturated heterocycles. The molecule has 164 valence electrons. The molecule has 2 aliphatic heterocycles. The highest BCUT2D eigenvalue weighted by Gasteiger charge is 2.42. The molecule has 1 unspecified atom stereocenters. The first kappa shape index (κ1) is 21.2. The zero-order valence-electron chi connectivity index (χ0n) is 16.9. The third-order valence-electron chi connectivity index (χ3n) is 5.94. The van der Waals surface area contributed by atoms with Crippen LogP contribution in [0, 0.1) is 5.82 Å². The van der Waals surface area contributed by atoms with Crippen molar-refractivity contribution in [2.24, 2.45) is 0 Å². The van der Waals surface area contributed by atoms with E-state index in [1.807, 2.05) is 0 Å². The summed E-state index contributed by atoms with van der Waals surface area (Å²) in [5.74, 6) is -0.828. The van der Waals surface area contributed by atoms with Gasteiger partial charge in [0.25, 0.3) is 10.2 Å². The molecule has 0 spiro atoms. The van der Waals surface area contributed by atoms with E-state index in [1.54, 1.807) is 13.0 Å². The molecule has 4 rings (SSSR count). The summed E-state index contributed by atoms with van der Waals surface area (Å²) in [6, 6.07) is 3.57. The number of benzene rings is 1. The minimum absolute atomic E-state index is 0.0328. The highest BCUT2D eigenvalue weighted by atomic mass is 32.2. The Morgan fingerprint density at radius 2 is 2.00 bits per heavy atom. The van der Waals surface area contributed by atoms with Crippen molar-refractivity contribution in [3.8, 4) is 0 Å². The minimum atomic E-state index is -3.77. The van der Waals surface area contributed by atoms with Gasteiger partial charge in [-0.25, -0.2) is 4.39 Å². The van der Waals surface area contributed by atoms with Crippen LogP contribution in [0.4, 0.5) is 4.39 Å². The van der Waals surface area contributed by atoms with Gasteiger partial charge in [-0.05, 0) is 51.2 Å². The van der Waals surface area contributed by atoms with Crippen LogP contribution < -0.4 is 0 Å². The molecule has 0 aliphatic carbocycles. The first-order valence-electron chi connectivity index (χ1n) is 10.4. The molecule has 10 heteroatoms. The van der Waals surface area contributed by atoms with Crippen molar-refractivity contribution < 1.29 is 26.9 Å². The van der Waals surface area contributed by atoms with Gasteiger partial charge in [0.1, 0.15) is 11.9 Å². The lowest BCUT2D eigenvalue weighted by Crippen LogP contribution is -2.55. The molecule has 2 fully saturated rings. The molecule has 3 heterocycles. The van der Waals surface area contributed by atoms with Gasteiger partial charge in [-0.15, -0.1) is 0 Å². The largest absolute Gasteiger partial charge is 0.465 e. The second-order valence-electron chi connectivity index (χ2n) is 7.76. The van der Waals surface area contributed by atoms with E-state index in [9.17, 15) is 17.6 Å². The Balaban J connectivity index is 1.47. The van der Waals surface area contributed by atoms with Gasteiger partial charge in [0.05, 0.1) is 12.3 Å². The Morgan fingerprint density at radius 1 is 1.23 bits per heavy atom. The molecule has 8 nitrogen and oxygen atoms in total. The van der Waals surface area contributed by atoms with Crippen molar-refractivity contribution in [2.45, 2.75) is 51.0 Å². The second-order valence-corrected chi connectivity index (χ2v) is 9.64. The lowest BCUT2D eigenvalue weighted by atomic mass is 9.92. The van der Waals surface area contributed by atoms with Crippen LogP contribution >= 0.6 is 0 Å². The Bertz CT molecular complexity index is 1020. The lowest BCUT2D eigenvalue weighted by Gasteiger charge is -2.38. The number of fused-ring (bicyclic) bond motifs is 1. The first-order chi connectivity index (χ1) is 14.4. The third-order valence-corrected chi connectivity index (χ3v) is 7.99. The van der Waals surface area contributed by atoms with Crippen molar-refractivity contribution in [1.29, 1.82) is 0 Å². The monoisotopic (exact) mass is 439 g/mol. The lowest BCUT2D eigenvalue weighted by molar-refractivity contribution is -0.148. The average Bonchev–Trinajstić information content (AvgIpc) is 3.17. The number of hydrogen-bond acceptors (Lipinski definition) is 6. The highest BCUT2D eigenvalue weighted by Crippen LogP contribution is 2.34. The average molecular weight is 440 g/mol. The topological polar surface area (TPSA) is 93.0 Å². The zero-order chi connectivity index (χ0) is 21.3. The zero-order valence-corrected chi connectivity index (χ0v) is 17.7. The van der Waals surface area contributed by atoms with Crippen molar-refractivity contribution in [1.82, 2.24) is 13.8 Å². The standard InChI is InChI=1S/C20H26FN3O5S/c1-2-28-20(25)17-5-3-4-10-24(17)30(26,27)23-11-8-14(9-12-23)19-16-7-6-15(21)13-18(16)29-22-19/h6-7,13-14,17H,2-5,8-12H2,1H3. The van der Waals surface area contributed by atoms with E-state index in [0.29, 0.717) is 44.5 Å². The number of hydrogen-bond donors (Lipinski definition) is 0. The second kappa shape index (κ2) is 8.60. The highest BCUT2D eigenvalue weighted by molar-refractivity contribution is 7.86. The van der Waals surface area contributed by atoms with E-state index in [0.717, 1.165) is 23.9 Å². The van der Waals surface area contributed by atoms with Gasteiger partial charge in [-0.3, -0.25) is 4.79 Å². The molecule has 1 atom stereocenters. The van der Waals surface area contributed by atoms with Crippen LogP contribution in [0.1, 0.15) is 50.6 Å². The number of nitrogens with zero attached hydrogens (tertiary/aromatic N) is 3. The fourth-order valence-corrected chi connectivity index (χ4v) is 6.23. The van der Waals surface area contributed by atoms with Crippen LogP contribution in [-0.4, -0.2) is 60.4 Å². The van der Waals surface area contributed by atoms with E-state index >= 15 is 0 Å². The molecule has 0 saturated carbocycles. The van der Waals surface area contributed by atoms with Crippen molar-refractivity contribution in [3.05, 3.63) is 29.7 Å². The molecule has 2 aliphatic rings. The van der Waals surface area contributed by atoms with Crippen LogP contribution in [-0.2, 0) is 19.7 Å². The molecule has 0 N–H and O–H groups in total.